The minimum Gasteiger partial charge on any atom is -0.224 e. The Morgan fingerprint density at radius 1 is 1.09 bits per heavy atom. The highest BCUT2D eigenvalue weighted by Gasteiger charge is 2.22. The Hall–Kier alpha value is -1.77. The van der Waals surface area contributed by atoms with Crippen molar-refractivity contribution in [2.24, 2.45) is 0 Å². The summed E-state index contributed by atoms with van der Waals surface area (Å²) in [6.07, 6.45) is 1.20. The van der Waals surface area contributed by atoms with E-state index in [2.05, 4.69) is 6.07 Å². The van der Waals surface area contributed by atoms with Crippen LogP contribution < -0.4 is 0 Å². The van der Waals surface area contributed by atoms with Crippen LogP contribution in [0, 0.1) is 11.3 Å². The molecule has 0 radical (unpaired) electrons. The van der Waals surface area contributed by atoms with Gasteiger partial charge in [-0.3, -0.25) is 0 Å². The molecule has 0 aromatic heterocycles. The molecule has 0 aliphatic heterocycles. The van der Waals surface area contributed by atoms with Crippen molar-refractivity contribution in [1.29, 1.82) is 5.26 Å². The molecule has 3 nitrogen and oxygen atoms in total. The molecular weight excluding hydrogens is 326 g/mol. The highest BCUT2D eigenvalue weighted by atomic mass is 32.2. The molecule has 2 aromatic carbocycles. The summed E-state index contributed by atoms with van der Waals surface area (Å²) in [5.74, 6) is 0.736. The molecular formula is C18H19NO2S2. The van der Waals surface area contributed by atoms with Gasteiger partial charge in [0.25, 0.3) is 0 Å². The Morgan fingerprint density at radius 2 is 1.70 bits per heavy atom. The lowest BCUT2D eigenvalue weighted by molar-refractivity contribution is 0.602. The third-order valence-corrected chi connectivity index (χ3v) is 5.81. The summed E-state index contributed by atoms with van der Waals surface area (Å²) in [5, 5.41) is 9.35. The summed E-state index contributed by atoms with van der Waals surface area (Å²) < 4.78 is 22.9. The van der Waals surface area contributed by atoms with Crippen LogP contribution in [0.25, 0.3) is 0 Å². The maximum Gasteiger partial charge on any atom is 0.175 e. The summed E-state index contributed by atoms with van der Waals surface area (Å²) in [7, 11) is -3.16. The Balaban J connectivity index is 2.18. The molecule has 0 saturated carbocycles. The van der Waals surface area contributed by atoms with Gasteiger partial charge < -0.3 is 0 Å². The number of hydrogen-bond acceptors (Lipinski definition) is 4. The van der Waals surface area contributed by atoms with Crippen molar-refractivity contribution in [2.45, 2.75) is 34.8 Å². The van der Waals surface area contributed by atoms with Crippen LogP contribution in [-0.4, -0.2) is 14.7 Å². The van der Waals surface area contributed by atoms with E-state index in [4.69, 9.17) is 0 Å². The zero-order valence-electron chi connectivity index (χ0n) is 13.4. The molecule has 2 rings (SSSR count). The zero-order valence-corrected chi connectivity index (χ0v) is 15.0. The minimum absolute atomic E-state index is 0.327. The Labute approximate surface area is 142 Å². The van der Waals surface area contributed by atoms with Gasteiger partial charge in [-0.25, -0.2) is 8.42 Å². The fourth-order valence-electron chi connectivity index (χ4n) is 2.26. The van der Waals surface area contributed by atoms with E-state index in [0.717, 1.165) is 21.8 Å². The second-order valence-corrected chi connectivity index (χ2v) is 8.99. The van der Waals surface area contributed by atoms with Crippen LogP contribution in [0.15, 0.2) is 58.3 Å². The fourth-order valence-corrected chi connectivity index (χ4v) is 3.79. The van der Waals surface area contributed by atoms with Gasteiger partial charge in [-0.2, -0.15) is 5.26 Å². The SMILES string of the molecule is CC(C)(C#N)c1ccccc1CSc1ccc(S(C)(=O)=O)cc1. The lowest BCUT2D eigenvalue weighted by Gasteiger charge is -2.20. The van der Waals surface area contributed by atoms with E-state index in [1.54, 1.807) is 23.9 Å². The highest BCUT2D eigenvalue weighted by molar-refractivity contribution is 7.98. The molecule has 0 fully saturated rings. The third-order valence-electron chi connectivity index (χ3n) is 3.62. The van der Waals surface area contributed by atoms with E-state index in [1.165, 1.54) is 6.26 Å². The number of sulfone groups is 1. The monoisotopic (exact) mass is 345 g/mol. The van der Waals surface area contributed by atoms with Gasteiger partial charge in [0.2, 0.25) is 0 Å². The first-order valence-corrected chi connectivity index (χ1v) is 10.0. The Morgan fingerprint density at radius 3 is 2.26 bits per heavy atom. The smallest absolute Gasteiger partial charge is 0.175 e. The lowest BCUT2D eigenvalue weighted by atomic mass is 9.84. The van der Waals surface area contributed by atoms with E-state index in [9.17, 15) is 13.7 Å². The average molecular weight is 345 g/mol. The molecule has 0 aliphatic rings. The van der Waals surface area contributed by atoms with Gasteiger partial charge in [0.15, 0.2) is 9.84 Å². The summed E-state index contributed by atoms with van der Waals surface area (Å²) in [5.41, 5.74) is 1.62. The molecule has 23 heavy (non-hydrogen) atoms. The summed E-state index contributed by atoms with van der Waals surface area (Å²) >= 11 is 1.63. The first kappa shape index (κ1) is 17.6. The van der Waals surface area contributed by atoms with Crippen LogP contribution >= 0.6 is 11.8 Å². The molecule has 0 spiro atoms. The molecule has 0 unspecified atom stereocenters. The van der Waals surface area contributed by atoms with Crippen LogP contribution in [-0.2, 0) is 21.0 Å². The van der Waals surface area contributed by atoms with E-state index in [1.807, 2.05) is 50.2 Å². The lowest BCUT2D eigenvalue weighted by Crippen LogP contribution is -2.16. The molecule has 0 amide bonds. The van der Waals surface area contributed by atoms with Crippen LogP contribution in [0.2, 0.25) is 0 Å². The largest absolute Gasteiger partial charge is 0.224 e. The first-order chi connectivity index (χ1) is 10.7. The number of benzene rings is 2. The fraction of sp³-hybridized carbons (Fsp3) is 0.278. The first-order valence-electron chi connectivity index (χ1n) is 7.16. The standard InChI is InChI=1S/C18H19NO2S2/c1-18(2,13-19)17-7-5-4-6-14(17)12-22-15-8-10-16(11-9-15)23(3,20)21/h4-11H,12H2,1-3H3. The van der Waals surface area contributed by atoms with Gasteiger partial charge in [-0.15, -0.1) is 11.8 Å². The van der Waals surface area contributed by atoms with Crippen molar-refractivity contribution in [3.05, 3.63) is 59.7 Å². The van der Waals surface area contributed by atoms with Gasteiger partial charge in [0, 0.05) is 16.9 Å². The van der Waals surface area contributed by atoms with Crippen molar-refractivity contribution in [2.75, 3.05) is 6.26 Å². The van der Waals surface area contributed by atoms with Crippen molar-refractivity contribution < 1.29 is 8.42 Å². The normalized spacial score (nSPS) is 11.9. The van der Waals surface area contributed by atoms with Gasteiger partial charge in [0.05, 0.1) is 16.4 Å². The second kappa shape index (κ2) is 6.77. The molecule has 5 heteroatoms. The molecule has 0 atom stereocenters. The quantitative estimate of drug-likeness (QED) is 0.763. The maximum absolute atomic E-state index is 11.5. The van der Waals surface area contributed by atoms with E-state index < -0.39 is 15.3 Å². The van der Waals surface area contributed by atoms with Crippen LogP contribution in [0.4, 0.5) is 0 Å². The summed E-state index contributed by atoms with van der Waals surface area (Å²) in [6, 6.07) is 17.2. The van der Waals surface area contributed by atoms with Gasteiger partial charge in [-0.05, 0) is 49.2 Å². The Kier molecular flexibility index (Phi) is 5.18. The summed E-state index contributed by atoms with van der Waals surface area (Å²) in [6.45, 7) is 3.83. The third kappa shape index (κ3) is 4.37. The van der Waals surface area contributed by atoms with E-state index in [0.29, 0.717) is 4.90 Å². The van der Waals surface area contributed by atoms with Crippen molar-refractivity contribution >= 4 is 21.6 Å². The summed E-state index contributed by atoms with van der Waals surface area (Å²) in [4.78, 5) is 1.33. The molecule has 2 aromatic rings. The van der Waals surface area contributed by atoms with Crippen LogP contribution in [0.3, 0.4) is 0 Å². The predicted octanol–water partition coefficient (Wildman–Crippen LogP) is 4.18. The van der Waals surface area contributed by atoms with Crippen molar-refractivity contribution in [3.63, 3.8) is 0 Å². The molecule has 120 valence electrons. The Bertz CT molecular complexity index is 832. The highest BCUT2D eigenvalue weighted by Crippen LogP contribution is 2.31. The molecule has 0 N–H and O–H groups in total. The molecule has 0 bridgehead atoms. The van der Waals surface area contributed by atoms with Gasteiger partial charge >= 0.3 is 0 Å². The van der Waals surface area contributed by atoms with Gasteiger partial charge in [0.1, 0.15) is 0 Å². The molecule has 0 saturated heterocycles. The van der Waals surface area contributed by atoms with Crippen LogP contribution in [0.1, 0.15) is 25.0 Å². The zero-order chi connectivity index (χ0) is 17.1. The number of thioether (sulfide) groups is 1. The number of hydrogen-bond donors (Lipinski definition) is 0. The number of rotatable bonds is 5. The second-order valence-electron chi connectivity index (χ2n) is 5.93. The van der Waals surface area contributed by atoms with Crippen LogP contribution in [0.5, 0.6) is 0 Å². The van der Waals surface area contributed by atoms with E-state index >= 15 is 0 Å². The van der Waals surface area contributed by atoms with E-state index in [-0.39, 0.29) is 0 Å². The topological polar surface area (TPSA) is 57.9 Å². The molecule has 0 aliphatic carbocycles. The van der Waals surface area contributed by atoms with Crippen molar-refractivity contribution in [3.8, 4) is 6.07 Å². The predicted molar refractivity (Wildman–Crippen MR) is 94.2 cm³/mol. The van der Waals surface area contributed by atoms with Gasteiger partial charge in [-0.1, -0.05) is 24.3 Å². The van der Waals surface area contributed by atoms with Crippen molar-refractivity contribution in [1.82, 2.24) is 0 Å². The number of nitrogens with zero attached hydrogens (tertiary/aromatic N) is 1. The molecule has 0 heterocycles. The average Bonchev–Trinajstić information content (AvgIpc) is 2.52. The minimum atomic E-state index is -3.16. The maximum atomic E-state index is 11.5. The number of nitriles is 1.